The minimum atomic E-state index is -4.84. The van der Waals surface area contributed by atoms with Crippen LogP contribution in [0.25, 0.3) is 16.0 Å². The number of thiazole rings is 1. The van der Waals surface area contributed by atoms with Gasteiger partial charge in [-0.05, 0) is 31.2 Å². The molecular formula is C19H11F6N5O2S. The van der Waals surface area contributed by atoms with E-state index in [0.29, 0.717) is 22.1 Å². The van der Waals surface area contributed by atoms with Crippen LogP contribution >= 0.6 is 11.3 Å². The molecule has 0 spiro atoms. The Labute approximate surface area is 184 Å². The van der Waals surface area contributed by atoms with Crippen molar-refractivity contribution in [1.29, 1.82) is 0 Å². The summed E-state index contributed by atoms with van der Waals surface area (Å²) in [6.07, 6.45) is -7.50. The van der Waals surface area contributed by atoms with E-state index in [1.807, 2.05) is 0 Å². The first kappa shape index (κ1) is 22.5. The molecule has 7 nitrogen and oxygen atoms in total. The number of carbonyl (C=O) groups excluding carboxylic acids is 1. The maximum atomic E-state index is 12.7. The summed E-state index contributed by atoms with van der Waals surface area (Å²) in [5, 5.41) is 6.66. The van der Waals surface area contributed by atoms with Crippen LogP contribution in [-0.2, 0) is 6.18 Å². The molecule has 4 rings (SSSR count). The van der Waals surface area contributed by atoms with Gasteiger partial charge < -0.3 is 4.74 Å². The highest BCUT2D eigenvalue weighted by Gasteiger charge is 2.32. The number of pyridine rings is 1. The van der Waals surface area contributed by atoms with Crippen LogP contribution in [0.1, 0.15) is 21.6 Å². The molecule has 0 bridgehead atoms. The maximum Gasteiger partial charge on any atom is 0.573 e. The van der Waals surface area contributed by atoms with Gasteiger partial charge in [-0.15, -0.1) is 13.2 Å². The molecule has 172 valence electrons. The number of alkyl halides is 6. The molecule has 3 aromatic heterocycles. The fourth-order valence-electron chi connectivity index (χ4n) is 2.86. The molecule has 3 heterocycles. The number of aromatic nitrogens is 4. The molecule has 1 aromatic carbocycles. The average Bonchev–Trinajstić information content (AvgIpc) is 3.28. The number of ether oxygens (including phenoxy) is 1. The molecule has 1 amide bonds. The second-order valence-electron chi connectivity index (χ2n) is 6.61. The number of nitrogens with one attached hydrogen (secondary N) is 1. The Balaban J connectivity index is 1.53. The minimum Gasteiger partial charge on any atom is -0.406 e. The Hall–Kier alpha value is -3.68. The third-order valence-corrected chi connectivity index (χ3v) is 5.29. The third-order valence-electron chi connectivity index (χ3n) is 4.36. The van der Waals surface area contributed by atoms with Crippen LogP contribution in [0.3, 0.4) is 0 Å². The fraction of sp³-hybridized carbons (Fsp3) is 0.158. The number of rotatable bonds is 4. The van der Waals surface area contributed by atoms with E-state index in [9.17, 15) is 31.1 Å². The molecule has 0 saturated carbocycles. The summed E-state index contributed by atoms with van der Waals surface area (Å²) in [5.41, 5.74) is -0.154. The molecule has 14 heteroatoms. The molecule has 0 aliphatic carbocycles. The van der Waals surface area contributed by atoms with Gasteiger partial charge >= 0.3 is 12.5 Å². The number of carbonyl (C=O) groups is 1. The smallest absolute Gasteiger partial charge is 0.406 e. The lowest BCUT2D eigenvalue weighted by atomic mass is 10.2. The Morgan fingerprint density at radius 3 is 2.48 bits per heavy atom. The molecule has 0 fully saturated rings. The van der Waals surface area contributed by atoms with Crippen molar-refractivity contribution in [1.82, 2.24) is 19.7 Å². The molecular weight excluding hydrogens is 476 g/mol. The number of benzene rings is 1. The lowest BCUT2D eigenvalue weighted by Crippen LogP contribution is -2.16. The van der Waals surface area contributed by atoms with E-state index in [1.54, 1.807) is 0 Å². The minimum absolute atomic E-state index is 0.0803. The van der Waals surface area contributed by atoms with Gasteiger partial charge in [-0.3, -0.25) is 10.1 Å². The standard InChI is InChI=1S/C19H11F6N5O2S/c1-9-12(8-27-30(9)15-5-2-10(7-26-15)18(20,21)22)16(31)29-17-28-13-4-3-11(6-14(13)33-17)32-19(23,24)25/h2-8H,1H3,(H,28,29,31). The first-order valence-corrected chi connectivity index (χ1v) is 9.78. The third kappa shape index (κ3) is 4.89. The van der Waals surface area contributed by atoms with Crippen LogP contribution in [0.4, 0.5) is 31.5 Å². The molecule has 0 radical (unpaired) electrons. The van der Waals surface area contributed by atoms with Crippen molar-refractivity contribution in [2.75, 3.05) is 5.32 Å². The first-order valence-electron chi connectivity index (χ1n) is 8.97. The number of amides is 1. The van der Waals surface area contributed by atoms with Crippen LogP contribution in [0.5, 0.6) is 5.75 Å². The Morgan fingerprint density at radius 2 is 1.85 bits per heavy atom. The van der Waals surface area contributed by atoms with E-state index in [0.717, 1.165) is 35.6 Å². The predicted octanol–water partition coefficient (Wildman–Crippen LogP) is 5.36. The zero-order chi connectivity index (χ0) is 24.0. The maximum absolute atomic E-state index is 12.7. The quantitative estimate of drug-likeness (QED) is 0.392. The zero-order valence-electron chi connectivity index (χ0n) is 16.3. The number of anilines is 1. The highest BCUT2D eigenvalue weighted by molar-refractivity contribution is 7.22. The molecule has 0 unspecified atom stereocenters. The van der Waals surface area contributed by atoms with Crippen molar-refractivity contribution in [2.45, 2.75) is 19.5 Å². The topological polar surface area (TPSA) is 81.9 Å². The number of halogens is 6. The van der Waals surface area contributed by atoms with Crippen LogP contribution in [0, 0.1) is 6.92 Å². The van der Waals surface area contributed by atoms with Gasteiger partial charge in [-0.25, -0.2) is 14.6 Å². The van der Waals surface area contributed by atoms with Crippen LogP contribution in [0.15, 0.2) is 42.7 Å². The lowest BCUT2D eigenvalue weighted by molar-refractivity contribution is -0.274. The molecule has 33 heavy (non-hydrogen) atoms. The summed E-state index contributed by atoms with van der Waals surface area (Å²) >= 11 is 0.937. The van der Waals surface area contributed by atoms with E-state index in [4.69, 9.17) is 0 Å². The number of nitrogens with zero attached hydrogens (tertiary/aromatic N) is 4. The second-order valence-corrected chi connectivity index (χ2v) is 7.64. The molecule has 0 aliphatic heterocycles. The van der Waals surface area contributed by atoms with Gasteiger partial charge in [0, 0.05) is 12.3 Å². The van der Waals surface area contributed by atoms with Gasteiger partial charge in [0.1, 0.15) is 5.75 Å². The summed E-state index contributed by atoms with van der Waals surface area (Å²) in [4.78, 5) is 20.5. The van der Waals surface area contributed by atoms with Gasteiger partial charge in [0.15, 0.2) is 10.9 Å². The van der Waals surface area contributed by atoms with Crippen molar-refractivity contribution in [3.8, 4) is 11.6 Å². The van der Waals surface area contributed by atoms with Crippen molar-refractivity contribution in [3.63, 3.8) is 0 Å². The van der Waals surface area contributed by atoms with Gasteiger partial charge in [-0.1, -0.05) is 11.3 Å². The van der Waals surface area contributed by atoms with Crippen LogP contribution in [0.2, 0.25) is 0 Å². The highest BCUT2D eigenvalue weighted by Crippen LogP contribution is 2.32. The van der Waals surface area contributed by atoms with E-state index in [2.05, 4.69) is 25.1 Å². The fourth-order valence-corrected chi connectivity index (χ4v) is 3.75. The van der Waals surface area contributed by atoms with Crippen LogP contribution in [-0.4, -0.2) is 32.0 Å². The van der Waals surface area contributed by atoms with E-state index < -0.39 is 29.8 Å². The van der Waals surface area contributed by atoms with Gasteiger partial charge in [0.25, 0.3) is 5.91 Å². The summed E-state index contributed by atoms with van der Waals surface area (Å²) in [5.74, 6) is -0.953. The Kier molecular flexibility index (Phi) is 5.47. The predicted molar refractivity (Wildman–Crippen MR) is 105 cm³/mol. The van der Waals surface area contributed by atoms with E-state index in [-0.39, 0.29) is 16.5 Å². The molecule has 4 aromatic rings. The number of hydrogen-bond donors (Lipinski definition) is 1. The van der Waals surface area contributed by atoms with Gasteiger partial charge in [-0.2, -0.15) is 18.3 Å². The second kappa shape index (κ2) is 8.03. The molecule has 0 atom stereocenters. The molecule has 1 N–H and O–H groups in total. The first-order chi connectivity index (χ1) is 15.4. The summed E-state index contributed by atoms with van der Waals surface area (Å²) in [6.45, 7) is 1.53. The summed E-state index contributed by atoms with van der Waals surface area (Å²) < 4.78 is 80.7. The number of hydrogen-bond acceptors (Lipinski definition) is 6. The van der Waals surface area contributed by atoms with Gasteiger partial charge in [0.2, 0.25) is 0 Å². The van der Waals surface area contributed by atoms with E-state index in [1.165, 1.54) is 23.9 Å². The molecule has 0 saturated heterocycles. The molecule has 0 aliphatic rings. The SMILES string of the molecule is Cc1c(C(=O)Nc2nc3ccc(OC(F)(F)F)cc3s2)cnn1-c1ccc(C(F)(F)F)cn1. The lowest BCUT2D eigenvalue weighted by Gasteiger charge is -2.08. The monoisotopic (exact) mass is 487 g/mol. The largest absolute Gasteiger partial charge is 0.573 e. The average molecular weight is 487 g/mol. The zero-order valence-corrected chi connectivity index (χ0v) is 17.1. The van der Waals surface area contributed by atoms with E-state index >= 15 is 0 Å². The number of fused-ring (bicyclic) bond motifs is 1. The van der Waals surface area contributed by atoms with Crippen molar-refractivity contribution in [2.24, 2.45) is 0 Å². The highest BCUT2D eigenvalue weighted by atomic mass is 32.1. The summed E-state index contributed by atoms with van der Waals surface area (Å²) in [6, 6.07) is 5.55. The Morgan fingerprint density at radius 1 is 1.09 bits per heavy atom. The van der Waals surface area contributed by atoms with Crippen LogP contribution < -0.4 is 10.1 Å². The van der Waals surface area contributed by atoms with Crippen molar-refractivity contribution >= 4 is 32.6 Å². The van der Waals surface area contributed by atoms with Gasteiger partial charge in [0.05, 0.1) is 33.2 Å². The summed E-state index contributed by atoms with van der Waals surface area (Å²) in [7, 11) is 0. The van der Waals surface area contributed by atoms with Crippen molar-refractivity contribution < 1.29 is 35.9 Å². The Bertz CT molecular complexity index is 1330. The van der Waals surface area contributed by atoms with Crippen molar-refractivity contribution in [3.05, 3.63) is 59.5 Å². The normalized spacial score (nSPS) is 12.2.